The van der Waals surface area contributed by atoms with Crippen molar-refractivity contribution in [2.45, 2.75) is 38.1 Å². The van der Waals surface area contributed by atoms with E-state index in [1.165, 1.54) is 25.0 Å². The SMILES string of the molecule is O=C(CCC1CCCCN1)Nc1ccc(=O)[nH]n1. The molecule has 1 aliphatic rings. The van der Waals surface area contributed by atoms with E-state index < -0.39 is 0 Å². The minimum absolute atomic E-state index is 0.0677. The summed E-state index contributed by atoms with van der Waals surface area (Å²) in [5.74, 6) is 0.318. The van der Waals surface area contributed by atoms with Gasteiger partial charge in [0, 0.05) is 18.5 Å². The average Bonchev–Trinajstić information content (AvgIpc) is 2.40. The van der Waals surface area contributed by atoms with Crippen LogP contribution in [0.25, 0.3) is 0 Å². The normalized spacial score (nSPS) is 19.4. The Labute approximate surface area is 105 Å². The maximum Gasteiger partial charge on any atom is 0.264 e. The van der Waals surface area contributed by atoms with Gasteiger partial charge in [-0.1, -0.05) is 6.42 Å². The van der Waals surface area contributed by atoms with Crippen LogP contribution in [0.3, 0.4) is 0 Å². The quantitative estimate of drug-likeness (QED) is 0.731. The zero-order chi connectivity index (χ0) is 12.8. The molecule has 0 radical (unpaired) electrons. The smallest absolute Gasteiger partial charge is 0.264 e. The summed E-state index contributed by atoms with van der Waals surface area (Å²) >= 11 is 0. The Bertz CT molecular complexity index is 431. The molecule has 98 valence electrons. The van der Waals surface area contributed by atoms with Crippen LogP contribution < -0.4 is 16.2 Å². The number of aromatic amines is 1. The molecule has 1 amide bonds. The predicted molar refractivity (Wildman–Crippen MR) is 68.4 cm³/mol. The van der Waals surface area contributed by atoms with Gasteiger partial charge in [-0.3, -0.25) is 9.59 Å². The van der Waals surface area contributed by atoms with E-state index in [0.717, 1.165) is 19.4 Å². The summed E-state index contributed by atoms with van der Waals surface area (Å²) in [4.78, 5) is 22.5. The molecule has 3 N–H and O–H groups in total. The van der Waals surface area contributed by atoms with Crippen molar-refractivity contribution in [3.63, 3.8) is 0 Å². The van der Waals surface area contributed by atoms with Crippen LogP contribution in [0, 0.1) is 0 Å². The molecule has 1 atom stereocenters. The maximum atomic E-state index is 11.7. The van der Waals surface area contributed by atoms with Crippen LogP contribution in [0.4, 0.5) is 5.82 Å². The third-order valence-corrected chi connectivity index (χ3v) is 3.08. The number of hydrogen-bond donors (Lipinski definition) is 3. The lowest BCUT2D eigenvalue weighted by atomic mass is 10.0. The summed E-state index contributed by atoms with van der Waals surface area (Å²) in [7, 11) is 0. The van der Waals surface area contributed by atoms with Crippen molar-refractivity contribution in [2.24, 2.45) is 0 Å². The first-order chi connectivity index (χ1) is 8.74. The van der Waals surface area contributed by atoms with E-state index in [0.29, 0.717) is 18.3 Å². The van der Waals surface area contributed by atoms with E-state index in [4.69, 9.17) is 0 Å². The molecular weight excluding hydrogens is 232 g/mol. The Kier molecular flexibility index (Phi) is 4.46. The van der Waals surface area contributed by atoms with E-state index in [-0.39, 0.29) is 11.5 Å². The summed E-state index contributed by atoms with van der Waals surface area (Å²) in [6.45, 7) is 1.05. The van der Waals surface area contributed by atoms with Crippen molar-refractivity contribution < 1.29 is 4.79 Å². The number of anilines is 1. The second kappa shape index (κ2) is 6.30. The lowest BCUT2D eigenvalue weighted by Gasteiger charge is -2.22. The number of H-pyrrole nitrogens is 1. The summed E-state index contributed by atoms with van der Waals surface area (Å²) in [6.07, 6.45) is 4.92. The average molecular weight is 250 g/mol. The monoisotopic (exact) mass is 250 g/mol. The van der Waals surface area contributed by atoms with Gasteiger partial charge in [-0.2, -0.15) is 5.10 Å². The third-order valence-electron chi connectivity index (χ3n) is 3.08. The van der Waals surface area contributed by atoms with Gasteiger partial charge < -0.3 is 10.6 Å². The molecule has 1 saturated heterocycles. The molecule has 2 rings (SSSR count). The topological polar surface area (TPSA) is 86.9 Å². The van der Waals surface area contributed by atoms with Crippen LogP contribution in [-0.4, -0.2) is 28.7 Å². The molecule has 0 aliphatic carbocycles. The van der Waals surface area contributed by atoms with Crippen molar-refractivity contribution in [2.75, 3.05) is 11.9 Å². The Hall–Kier alpha value is -1.69. The predicted octanol–water partition coefficient (Wildman–Crippen LogP) is 0.631. The largest absolute Gasteiger partial charge is 0.314 e. The highest BCUT2D eigenvalue weighted by atomic mass is 16.1. The van der Waals surface area contributed by atoms with E-state index in [1.54, 1.807) is 0 Å². The molecule has 1 aliphatic heterocycles. The fraction of sp³-hybridized carbons (Fsp3) is 0.583. The number of amides is 1. The van der Waals surface area contributed by atoms with Gasteiger partial charge >= 0.3 is 0 Å². The second-order valence-corrected chi connectivity index (χ2v) is 4.54. The summed E-state index contributed by atoms with van der Waals surface area (Å²) in [5.41, 5.74) is -0.278. The molecule has 1 aromatic heterocycles. The number of carbonyl (C=O) groups is 1. The number of hydrogen-bond acceptors (Lipinski definition) is 4. The lowest BCUT2D eigenvalue weighted by Crippen LogP contribution is -2.34. The molecule has 6 nitrogen and oxygen atoms in total. The lowest BCUT2D eigenvalue weighted by molar-refractivity contribution is -0.116. The highest BCUT2D eigenvalue weighted by molar-refractivity contribution is 5.89. The van der Waals surface area contributed by atoms with Crippen LogP contribution in [0.1, 0.15) is 32.1 Å². The molecule has 0 saturated carbocycles. The van der Waals surface area contributed by atoms with Crippen LogP contribution in [0.5, 0.6) is 0 Å². The maximum absolute atomic E-state index is 11.7. The number of carbonyl (C=O) groups excluding carboxylic acids is 1. The van der Waals surface area contributed by atoms with Crippen molar-refractivity contribution >= 4 is 11.7 Å². The molecule has 18 heavy (non-hydrogen) atoms. The first-order valence-electron chi connectivity index (χ1n) is 6.33. The third kappa shape index (κ3) is 3.96. The Morgan fingerprint density at radius 3 is 3.00 bits per heavy atom. The van der Waals surface area contributed by atoms with Gasteiger partial charge in [0.25, 0.3) is 5.56 Å². The standard InChI is InChI=1S/C12H18N4O2/c17-11(6-4-9-3-1-2-8-13-9)14-10-5-7-12(18)16-15-10/h5,7,9,13H,1-4,6,8H2,(H,16,18)(H,14,15,17). The zero-order valence-electron chi connectivity index (χ0n) is 10.2. The van der Waals surface area contributed by atoms with Gasteiger partial charge in [-0.25, -0.2) is 5.10 Å². The summed E-state index contributed by atoms with van der Waals surface area (Å²) in [5, 5.41) is 12.1. The van der Waals surface area contributed by atoms with Crippen molar-refractivity contribution in [1.29, 1.82) is 0 Å². The first-order valence-corrected chi connectivity index (χ1v) is 6.33. The van der Waals surface area contributed by atoms with Crippen LogP contribution in [-0.2, 0) is 4.79 Å². The van der Waals surface area contributed by atoms with Crippen LogP contribution in [0.2, 0.25) is 0 Å². The summed E-state index contributed by atoms with van der Waals surface area (Å²) < 4.78 is 0. The van der Waals surface area contributed by atoms with Crippen molar-refractivity contribution in [1.82, 2.24) is 15.5 Å². The molecule has 1 unspecified atom stereocenters. The fourth-order valence-corrected chi connectivity index (χ4v) is 2.10. The summed E-state index contributed by atoms with van der Waals surface area (Å²) in [6, 6.07) is 3.29. The van der Waals surface area contributed by atoms with Gasteiger partial charge in [0.15, 0.2) is 5.82 Å². The number of rotatable bonds is 4. The van der Waals surface area contributed by atoms with E-state index in [2.05, 4.69) is 20.8 Å². The van der Waals surface area contributed by atoms with Gasteiger partial charge in [-0.15, -0.1) is 0 Å². The van der Waals surface area contributed by atoms with E-state index in [9.17, 15) is 9.59 Å². The minimum atomic E-state index is -0.278. The molecule has 2 heterocycles. The zero-order valence-corrected chi connectivity index (χ0v) is 10.2. The first kappa shape index (κ1) is 12.8. The number of aromatic nitrogens is 2. The van der Waals surface area contributed by atoms with Gasteiger partial charge in [-0.05, 0) is 31.9 Å². The molecule has 0 spiro atoms. The Morgan fingerprint density at radius 2 is 2.33 bits per heavy atom. The van der Waals surface area contributed by atoms with E-state index >= 15 is 0 Å². The van der Waals surface area contributed by atoms with Crippen LogP contribution in [0.15, 0.2) is 16.9 Å². The van der Waals surface area contributed by atoms with Gasteiger partial charge in [0.1, 0.15) is 0 Å². The van der Waals surface area contributed by atoms with Gasteiger partial charge in [0.05, 0.1) is 0 Å². The highest BCUT2D eigenvalue weighted by Crippen LogP contribution is 2.12. The molecule has 0 bridgehead atoms. The molecule has 1 fully saturated rings. The van der Waals surface area contributed by atoms with Crippen LogP contribution >= 0.6 is 0 Å². The van der Waals surface area contributed by atoms with Crippen molar-refractivity contribution in [3.8, 4) is 0 Å². The minimum Gasteiger partial charge on any atom is -0.314 e. The number of nitrogens with zero attached hydrogens (tertiary/aromatic N) is 1. The Morgan fingerprint density at radius 1 is 1.44 bits per heavy atom. The van der Waals surface area contributed by atoms with E-state index in [1.807, 2.05) is 0 Å². The number of piperidine rings is 1. The highest BCUT2D eigenvalue weighted by Gasteiger charge is 2.14. The van der Waals surface area contributed by atoms with Crippen molar-refractivity contribution in [3.05, 3.63) is 22.5 Å². The molecule has 1 aromatic rings. The molecule has 6 heteroatoms. The number of nitrogens with one attached hydrogen (secondary N) is 3. The van der Waals surface area contributed by atoms with Gasteiger partial charge in [0.2, 0.25) is 5.91 Å². The second-order valence-electron chi connectivity index (χ2n) is 4.54. The molecular formula is C12H18N4O2. The molecule has 0 aromatic carbocycles. The Balaban J connectivity index is 1.74. The fourth-order valence-electron chi connectivity index (χ4n) is 2.10.